The molecule has 1 heterocycles. The maximum absolute atomic E-state index is 12.8. The lowest BCUT2D eigenvalue weighted by atomic mass is 10.1. The summed E-state index contributed by atoms with van der Waals surface area (Å²) < 4.78 is 6.15. The molecule has 0 bridgehead atoms. The second-order valence-corrected chi connectivity index (χ2v) is 8.97. The van der Waals surface area contributed by atoms with E-state index in [0.717, 1.165) is 18.4 Å². The van der Waals surface area contributed by atoms with Crippen LogP contribution in [0.25, 0.3) is 0 Å². The fourth-order valence-electron chi connectivity index (χ4n) is 3.33. The Morgan fingerprint density at radius 3 is 2.47 bits per heavy atom. The van der Waals surface area contributed by atoms with Crippen molar-refractivity contribution in [3.8, 4) is 0 Å². The normalized spacial score (nSPS) is 16.2. The lowest BCUT2D eigenvalue weighted by molar-refractivity contribution is -0.120. The molecular weight excluding hydrogens is 469 g/mol. The predicted octanol–water partition coefficient (Wildman–Crippen LogP) is 6.49. The molecule has 32 heavy (non-hydrogen) atoms. The Labute approximate surface area is 204 Å². The van der Waals surface area contributed by atoms with Gasteiger partial charge < -0.3 is 19.9 Å². The summed E-state index contributed by atoms with van der Waals surface area (Å²) in [6.45, 7) is 5.05. The molecule has 0 saturated carbocycles. The SMILES string of the molecule is CCCCOC(c1ccc(Cl)cc1)C(Cl)N1C=CN(C(C)C(=O)Nc2ccccc2Cl)C1. The fraction of sp³-hybridized carbons (Fsp3) is 0.375. The third-order valence-electron chi connectivity index (χ3n) is 5.35. The third kappa shape index (κ3) is 6.32. The number of para-hydroxylation sites is 1. The maximum Gasteiger partial charge on any atom is 0.246 e. The highest BCUT2D eigenvalue weighted by atomic mass is 35.5. The molecule has 0 spiro atoms. The summed E-state index contributed by atoms with van der Waals surface area (Å²) in [5.74, 6) is -0.149. The molecule has 0 fully saturated rings. The standard InChI is InChI=1S/C24H28Cl3N3O2/c1-3-4-15-32-22(18-9-11-19(25)12-10-18)23(27)30-14-13-29(16-30)17(2)24(31)28-21-8-6-5-7-20(21)26/h5-14,17,22-23H,3-4,15-16H2,1-2H3,(H,28,31). The van der Waals surface area contributed by atoms with Gasteiger partial charge in [-0.25, -0.2) is 0 Å². The van der Waals surface area contributed by atoms with E-state index in [0.29, 0.717) is 29.0 Å². The van der Waals surface area contributed by atoms with Crippen LogP contribution in [-0.2, 0) is 9.53 Å². The average molecular weight is 497 g/mol. The van der Waals surface area contributed by atoms with Crippen LogP contribution in [0.15, 0.2) is 60.9 Å². The van der Waals surface area contributed by atoms with Crippen LogP contribution < -0.4 is 5.32 Å². The van der Waals surface area contributed by atoms with Gasteiger partial charge in [-0.05, 0) is 43.2 Å². The van der Waals surface area contributed by atoms with E-state index in [1.54, 1.807) is 12.1 Å². The first-order chi connectivity index (χ1) is 15.4. The molecular formula is C24H28Cl3N3O2. The minimum Gasteiger partial charge on any atom is -0.370 e. The van der Waals surface area contributed by atoms with E-state index >= 15 is 0 Å². The number of amides is 1. The van der Waals surface area contributed by atoms with Gasteiger partial charge in [0.1, 0.15) is 17.6 Å². The van der Waals surface area contributed by atoms with Crippen LogP contribution in [0.3, 0.4) is 0 Å². The Kier molecular flexibility index (Phi) is 9.11. The number of unbranched alkanes of at least 4 members (excludes halogenated alkanes) is 1. The number of ether oxygens (including phenoxy) is 1. The van der Waals surface area contributed by atoms with Gasteiger partial charge in [-0.1, -0.05) is 72.4 Å². The number of nitrogens with one attached hydrogen (secondary N) is 1. The molecule has 3 rings (SSSR count). The summed E-state index contributed by atoms with van der Waals surface area (Å²) in [4.78, 5) is 16.6. The van der Waals surface area contributed by atoms with Crippen molar-refractivity contribution < 1.29 is 9.53 Å². The van der Waals surface area contributed by atoms with Crippen molar-refractivity contribution in [1.29, 1.82) is 0 Å². The predicted molar refractivity (Wildman–Crippen MR) is 132 cm³/mol. The van der Waals surface area contributed by atoms with Gasteiger partial charge in [0.15, 0.2) is 0 Å². The second kappa shape index (κ2) is 11.8. The van der Waals surface area contributed by atoms with Crippen LogP contribution in [0.5, 0.6) is 0 Å². The van der Waals surface area contributed by atoms with Gasteiger partial charge in [-0.2, -0.15) is 0 Å². The van der Waals surface area contributed by atoms with Crippen molar-refractivity contribution in [2.75, 3.05) is 18.6 Å². The molecule has 1 N–H and O–H groups in total. The van der Waals surface area contributed by atoms with Gasteiger partial charge in [0.25, 0.3) is 0 Å². The Bertz CT molecular complexity index is 923. The summed E-state index contributed by atoms with van der Waals surface area (Å²) >= 11 is 19.1. The molecule has 0 radical (unpaired) electrons. The smallest absolute Gasteiger partial charge is 0.246 e. The van der Waals surface area contributed by atoms with Crippen molar-refractivity contribution in [2.24, 2.45) is 0 Å². The first-order valence-corrected chi connectivity index (χ1v) is 11.9. The van der Waals surface area contributed by atoms with Crippen molar-refractivity contribution in [2.45, 2.75) is 44.3 Å². The van der Waals surface area contributed by atoms with E-state index < -0.39 is 11.5 Å². The molecule has 1 amide bonds. The van der Waals surface area contributed by atoms with E-state index in [1.165, 1.54) is 0 Å². The fourth-order valence-corrected chi connectivity index (χ4v) is 3.99. The highest BCUT2D eigenvalue weighted by Crippen LogP contribution is 2.31. The molecule has 5 nitrogen and oxygen atoms in total. The molecule has 1 aliphatic rings. The first kappa shape index (κ1) is 24.7. The third-order valence-corrected chi connectivity index (χ3v) is 6.41. The molecule has 2 aromatic rings. The molecule has 1 aliphatic heterocycles. The summed E-state index contributed by atoms with van der Waals surface area (Å²) in [5, 5.41) is 4.05. The lowest BCUT2D eigenvalue weighted by Crippen LogP contribution is -2.42. The number of hydrogen-bond donors (Lipinski definition) is 1. The number of benzene rings is 2. The summed E-state index contributed by atoms with van der Waals surface area (Å²) in [6, 6.07) is 14.3. The van der Waals surface area contributed by atoms with Crippen LogP contribution in [0.2, 0.25) is 10.0 Å². The van der Waals surface area contributed by atoms with E-state index in [-0.39, 0.29) is 12.0 Å². The quantitative estimate of drug-likeness (QED) is 0.232. The molecule has 3 unspecified atom stereocenters. The number of halogens is 3. The van der Waals surface area contributed by atoms with Crippen LogP contribution in [0.4, 0.5) is 5.69 Å². The number of hydrogen-bond acceptors (Lipinski definition) is 4. The van der Waals surface area contributed by atoms with Gasteiger partial charge >= 0.3 is 0 Å². The number of nitrogens with zero attached hydrogens (tertiary/aromatic N) is 2. The molecule has 0 saturated heterocycles. The van der Waals surface area contributed by atoms with Gasteiger partial charge in [-0.3, -0.25) is 4.79 Å². The molecule has 0 aliphatic carbocycles. The minimum atomic E-state index is -0.451. The zero-order chi connectivity index (χ0) is 23.1. The Morgan fingerprint density at radius 1 is 1.09 bits per heavy atom. The highest BCUT2D eigenvalue weighted by molar-refractivity contribution is 6.33. The molecule has 172 valence electrons. The number of rotatable bonds is 10. The van der Waals surface area contributed by atoms with Crippen LogP contribution >= 0.6 is 34.8 Å². The Hall–Kier alpha value is -1.92. The lowest BCUT2D eigenvalue weighted by Gasteiger charge is -2.33. The van der Waals surface area contributed by atoms with Gasteiger partial charge in [0.05, 0.1) is 17.4 Å². The first-order valence-electron chi connectivity index (χ1n) is 10.7. The highest BCUT2D eigenvalue weighted by Gasteiger charge is 2.32. The van der Waals surface area contributed by atoms with E-state index in [2.05, 4.69) is 12.2 Å². The Morgan fingerprint density at radius 2 is 1.78 bits per heavy atom. The number of carbonyl (C=O) groups is 1. The largest absolute Gasteiger partial charge is 0.370 e. The van der Waals surface area contributed by atoms with Crippen molar-refractivity contribution in [3.63, 3.8) is 0 Å². The van der Waals surface area contributed by atoms with Gasteiger partial charge in [-0.15, -0.1) is 0 Å². The number of carbonyl (C=O) groups excluding carboxylic acids is 1. The number of anilines is 1. The van der Waals surface area contributed by atoms with Crippen molar-refractivity contribution in [3.05, 3.63) is 76.5 Å². The van der Waals surface area contributed by atoms with E-state index in [9.17, 15) is 4.79 Å². The monoisotopic (exact) mass is 495 g/mol. The van der Waals surface area contributed by atoms with Crippen LogP contribution in [0.1, 0.15) is 38.4 Å². The Balaban J connectivity index is 1.65. The second-order valence-electron chi connectivity index (χ2n) is 7.68. The summed E-state index contributed by atoms with van der Waals surface area (Å²) in [7, 11) is 0. The van der Waals surface area contributed by atoms with E-state index in [1.807, 2.05) is 65.5 Å². The molecule has 8 heteroatoms. The van der Waals surface area contributed by atoms with Gasteiger partial charge in [0.2, 0.25) is 5.91 Å². The zero-order valence-electron chi connectivity index (χ0n) is 18.2. The molecule has 3 atom stereocenters. The van der Waals surface area contributed by atoms with Crippen molar-refractivity contribution in [1.82, 2.24) is 9.80 Å². The van der Waals surface area contributed by atoms with E-state index in [4.69, 9.17) is 39.5 Å². The van der Waals surface area contributed by atoms with Gasteiger partial charge in [0, 0.05) is 24.0 Å². The molecule has 2 aromatic carbocycles. The minimum absolute atomic E-state index is 0.149. The molecule has 0 aromatic heterocycles. The number of alkyl halides is 1. The van der Waals surface area contributed by atoms with Crippen LogP contribution in [-0.4, -0.2) is 40.5 Å². The zero-order valence-corrected chi connectivity index (χ0v) is 20.4. The maximum atomic E-state index is 12.8. The van der Waals surface area contributed by atoms with Crippen LogP contribution in [0, 0.1) is 0 Å². The topological polar surface area (TPSA) is 44.8 Å². The average Bonchev–Trinajstić information content (AvgIpc) is 3.28. The summed E-state index contributed by atoms with van der Waals surface area (Å²) in [5.41, 5.74) is 1.10. The summed E-state index contributed by atoms with van der Waals surface area (Å²) in [6.07, 6.45) is 5.42. The van der Waals surface area contributed by atoms with Crippen molar-refractivity contribution >= 4 is 46.4 Å².